The Morgan fingerprint density at radius 2 is 1.86 bits per heavy atom. The van der Waals surface area contributed by atoms with Crippen LogP contribution in [0.5, 0.6) is 11.6 Å². The van der Waals surface area contributed by atoms with Crippen molar-refractivity contribution >= 4 is 23.2 Å². The van der Waals surface area contributed by atoms with Crippen LogP contribution in [0.4, 0.5) is 23.2 Å². The molecular formula is C24H24ClF4N3O4. The minimum atomic E-state index is -3.96. The highest BCUT2D eigenvalue weighted by Gasteiger charge is 2.22. The quantitative estimate of drug-likeness (QED) is 0.352. The second-order valence-corrected chi connectivity index (χ2v) is 7.91. The molecule has 36 heavy (non-hydrogen) atoms. The highest BCUT2D eigenvalue weighted by atomic mass is 35.5. The average molecular weight is 530 g/mol. The maximum absolute atomic E-state index is 14.8. The lowest BCUT2D eigenvalue weighted by atomic mass is 10.0. The molecule has 7 nitrogen and oxygen atoms in total. The number of alkyl halides is 3. The molecule has 3 aromatic rings. The van der Waals surface area contributed by atoms with E-state index in [0.29, 0.717) is 22.7 Å². The van der Waals surface area contributed by atoms with Crippen LogP contribution in [0, 0.1) is 19.7 Å². The predicted molar refractivity (Wildman–Crippen MR) is 127 cm³/mol. The minimum absolute atomic E-state index is 0.0339. The van der Waals surface area contributed by atoms with Gasteiger partial charge in [-0.3, -0.25) is 4.79 Å². The summed E-state index contributed by atoms with van der Waals surface area (Å²) in [5.74, 6) is -1.55. The Kier molecular flexibility index (Phi) is 9.60. The van der Waals surface area contributed by atoms with Gasteiger partial charge in [-0.05, 0) is 43.7 Å². The number of phenols is 1. The van der Waals surface area contributed by atoms with Crippen molar-refractivity contribution in [3.05, 3.63) is 63.7 Å². The number of anilines is 1. The topological polar surface area (TPSA) is 105 Å². The van der Waals surface area contributed by atoms with Gasteiger partial charge in [0, 0.05) is 23.7 Å². The molecule has 0 aliphatic carbocycles. The van der Waals surface area contributed by atoms with E-state index in [-0.39, 0.29) is 27.5 Å². The summed E-state index contributed by atoms with van der Waals surface area (Å²) >= 11 is 5.91. The van der Waals surface area contributed by atoms with Gasteiger partial charge in [0.05, 0.1) is 41.4 Å². The molecule has 0 radical (unpaired) electrons. The molecule has 194 valence electrons. The Bertz CT molecular complexity index is 1250. The number of carbonyl (C=O) groups is 1. The van der Waals surface area contributed by atoms with Crippen molar-refractivity contribution in [2.24, 2.45) is 0 Å². The van der Waals surface area contributed by atoms with Crippen LogP contribution in [-0.2, 0) is 6.61 Å². The molecular weight excluding hydrogens is 506 g/mol. The number of aliphatic hydroxyl groups excluding tert-OH is 1. The van der Waals surface area contributed by atoms with E-state index in [4.69, 9.17) is 16.3 Å². The summed E-state index contributed by atoms with van der Waals surface area (Å²) in [6.45, 7) is 4.14. The second kappa shape index (κ2) is 12.0. The second-order valence-electron chi connectivity index (χ2n) is 7.51. The summed E-state index contributed by atoms with van der Waals surface area (Å²) in [7, 11) is 1.46. The van der Waals surface area contributed by atoms with Crippen LogP contribution in [0.1, 0.15) is 40.5 Å². The third-order valence-electron chi connectivity index (χ3n) is 4.97. The van der Waals surface area contributed by atoms with E-state index in [0.717, 1.165) is 19.1 Å². The molecule has 3 rings (SSSR count). The monoisotopic (exact) mass is 529 g/mol. The van der Waals surface area contributed by atoms with E-state index in [1.165, 1.54) is 25.4 Å². The van der Waals surface area contributed by atoms with Gasteiger partial charge in [-0.2, -0.15) is 13.2 Å². The number of nitrogens with one attached hydrogen (secondary N) is 1. The molecule has 3 N–H and O–H groups in total. The highest BCUT2D eigenvalue weighted by molar-refractivity contribution is 6.31. The number of hydrogen-bond donors (Lipinski definition) is 3. The summed E-state index contributed by atoms with van der Waals surface area (Å²) in [5.41, 5.74) is 1.80. The van der Waals surface area contributed by atoms with Gasteiger partial charge in [0.15, 0.2) is 0 Å². The van der Waals surface area contributed by atoms with Gasteiger partial charge in [0.1, 0.15) is 11.6 Å². The first kappa shape index (κ1) is 28.8. The zero-order valence-corrected chi connectivity index (χ0v) is 20.6. The first-order valence-electron chi connectivity index (χ1n) is 10.5. The van der Waals surface area contributed by atoms with Crippen molar-refractivity contribution in [2.45, 2.75) is 40.0 Å². The van der Waals surface area contributed by atoms with Crippen molar-refractivity contribution < 1.29 is 37.3 Å². The SMILES string of the molecule is CCC(F)(F)F.COc1ncc(C)c(NC(=O)c2cc(F)c(-c3ccc(Cl)c(CO)n3)cc2O)c1C. The van der Waals surface area contributed by atoms with E-state index in [2.05, 4.69) is 15.3 Å². The number of amides is 1. The van der Waals surface area contributed by atoms with Crippen molar-refractivity contribution in [3.63, 3.8) is 0 Å². The Hall–Kier alpha value is -3.44. The number of aliphatic hydroxyl groups is 1. The number of carbonyl (C=O) groups excluding carboxylic acids is 1. The van der Waals surface area contributed by atoms with Crippen LogP contribution in [-0.4, -0.2) is 39.4 Å². The summed E-state index contributed by atoms with van der Waals surface area (Å²) in [6, 6.07) is 4.95. The fourth-order valence-corrected chi connectivity index (χ4v) is 3.15. The molecule has 1 aromatic carbocycles. The number of ether oxygens (including phenoxy) is 1. The van der Waals surface area contributed by atoms with Crippen LogP contribution >= 0.6 is 11.6 Å². The summed E-state index contributed by atoms with van der Waals surface area (Å²) in [5, 5.41) is 22.6. The number of benzene rings is 1. The Balaban J connectivity index is 0.000000678. The van der Waals surface area contributed by atoms with E-state index in [1.807, 2.05) is 0 Å². The lowest BCUT2D eigenvalue weighted by Crippen LogP contribution is -2.15. The molecule has 2 aromatic heterocycles. The Morgan fingerprint density at radius 3 is 2.42 bits per heavy atom. The Morgan fingerprint density at radius 1 is 1.22 bits per heavy atom. The number of methoxy groups -OCH3 is 1. The van der Waals surface area contributed by atoms with Gasteiger partial charge in [-0.25, -0.2) is 14.4 Å². The van der Waals surface area contributed by atoms with Crippen LogP contribution in [0.2, 0.25) is 5.02 Å². The van der Waals surface area contributed by atoms with Crippen LogP contribution in [0.25, 0.3) is 11.3 Å². The van der Waals surface area contributed by atoms with Crippen molar-refractivity contribution in [1.29, 1.82) is 0 Å². The standard InChI is InChI=1S/C21H19ClFN3O4.C3H5F3/c1-10-8-24-21(30-3)11(2)19(10)26-20(29)13-6-15(23)12(7-18(13)28)16-5-4-14(22)17(9-27)25-16;1-2-3(4,5)6/h4-8,27-28H,9H2,1-3H3,(H,24,26,29);2H2,1H3. The number of aryl methyl sites for hydroxylation is 1. The molecule has 0 unspecified atom stereocenters. The average Bonchev–Trinajstić information content (AvgIpc) is 2.83. The number of rotatable bonds is 5. The number of aromatic nitrogens is 2. The maximum Gasteiger partial charge on any atom is 0.388 e. The first-order valence-corrected chi connectivity index (χ1v) is 10.9. The molecule has 0 aliphatic rings. The maximum atomic E-state index is 14.8. The fourth-order valence-electron chi connectivity index (χ4n) is 2.98. The zero-order chi connectivity index (χ0) is 27.2. The summed E-state index contributed by atoms with van der Waals surface area (Å²) in [6.07, 6.45) is -3.15. The number of halogens is 5. The summed E-state index contributed by atoms with van der Waals surface area (Å²) in [4.78, 5) is 20.9. The molecule has 12 heteroatoms. The molecule has 0 atom stereocenters. The lowest BCUT2D eigenvalue weighted by Gasteiger charge is -2.15. The molecule has 0 saturated heterocycles. The minimum Gasteiger partial charge on any atom is -0.507 e. The predicted octanol–water partition coefficient (Wildman–Crippen LogP) is 5.97. The van der Waals surface area contributed by atoms with Gasteiger partial charge in [-0.15, -0.1) is 0 Å². The van der Waals surface area contributed by atoms with Gasteiger partial charge < -0.3 is 20.3 Å². The Labute approximate surface area is 209 Å². The molecule has 0 bridgehead atoms. The molecule has 0 aliphatic heterocycles. The number of aromatic hydroxyl groups is 1. The largest absolute Gasteiger partial charge is 0.507 e. The lowest BCUT2D eigenvalue weighted by molar-refractivity contribution is -0.130. The highest BCUT2D eigenvalue weighted by Crippen LogP contribution is 2.32. The van der Waals surface area contributed by atoms with Crippen LogP contribution < -0.4 is 10.1 Å². The third kappa shape index (κ3) is 7.05. The van der Waals surface area contributed by atoms with Gasteiger partial charge >= 0.3 is 6.18 Å². The van der Waals surface area contributed by atoms with Crippen molar-refractivity contribution in [2.75, 3.05) is 12.4 Å². The normalized spacial score (nSPS) is 10.9. The first-order chi connectivity index (χ1) is 16.8. The van der Waals surface area contributed by atoms with Crippen LogP contribution in [0.3, 0.4) is 0 Å². The van der Waals surface area contributed by atoms with Gasteiger partial charge in [0.2, 0.25) is 5.88 Å². The summed E-state index contributed by atoms with van der Waals surface area (Å²) < 4.78 is 52.3. The number of nitrogens with zero attached hydrogens (tertiary/aromatic N) is 2. The fraction of sp³-hybridized carbons (Fsp3) is 0.292. The number of phenolic OH excluding ortho intramolecular Hbond substituents is 1. The number of hydrogen-bond acceptors (Lipinski definition) is 6. The smallest absolute Gasteiger partial charge is 0.388 e. The van der Waals surface area contributed by atoms with E-state index < -0.39 is 36.7 Å². The zero-order valence-electron chi connectivity index (χ0n) is 19.8. The van der Waals surface area contributed by atoms with Gasteiger partial charge in [0.25, 0.3) is 5.91 Å². The van der Waals surface area contributed by atoms with Gasteiger partial charge in [-0.1, -0.05) is 18.5 Å². The molecule has 0 saturated carbocycles. The molecule has 0 fully saturated rings. The molecule has 1 amide bonds. The van der Waals surface area contributed by atoms with E-state index >= 15 is 0 Å². The van der Waals surface area contributed by atoms with Crippen LogP contribution in [0.15, 0.2) is 30.5 Å². The molecule has 2 heterocycles. The number of pyridine rings is 2. The van der Waals surface area contributed by atoms with E-state index in [1.54, 1.807) is 13.8 Å². The van der Waals surface area contributed by atoms with Crippen molar-refractivity contribution in [3.8, 4) is 22.9 Å². The molecule has 0 spiro atoms. The van der Waals surface area contributed by atoms with E-state index in [9.17, 15) is 32.6 Å². The van der Waals surface area contributed by atoms with Crippen molar-refractivity contribution in [1.82, 2.24) is 9.97 Å². The third-order valence-corrected chi connectivity index (χ3v) is 5.32.